The number of rotatable bonds is 30. The predicted molar refractivity (Wildman–Crippen MR) is 601 cm³/mol. The Kier molecular flexibility index (Phi) is 31.1. The highest BCUT2D eigenvalue weighted by Gasteiger charge is 2.30. The summed E-state index contributed by atoms with van der Waals surface area (Å²) < 4.78 is 0. The second-order valence-corrected chi connectivity index (χ2v) is 40.0. The number of nitrogens with one attached hydrogen (secondary N) is 6. The molecule has 0 radical (unpaired) electrons. The van der Waals surface area contributed by atoms with Gasteiger partial charge in [0.2, 0.25) is 0 Å². The molecule has 6 N–H and O–H groups in total. The molecule has 17 aromatic carbocycles. The van der Waals surface area contributed by atoms with Gasteiger partial charge < -0.3 is 31.9 Å². The monoisotopic (exact) mass is 1810 g/mol. The van der Waals surface area contributed by atoms with Crippen LogP contribution >= 0.6 is 0 Å². The zero-order valence-corrected chi connectivity index (χ0v) is 83.2. The van der Waals surface area contributed by atoms with E-state index in [1.165, 1.54) is 314 Å². The van der Waals surface area contributed by atoms with Crippen LogP contribution in [-0.2, 0) is 77.8 Å². The molecule has 138 heavy (non-hydrogen) atoms. The van der Waals surface area contributed by atoms with Crippen LogP contribution in [0.4, 0.5) is 34.1 Å². The summed E-state index contributed by atoms with van der Waals surface area (Å²) >= 11 is 0. The largest absolute Gasteiger partial charge is 0.381 e. The number of anilines is 6. The second kappa shape index (κ2) is 45.6. The molecule has 0 saturated carbocycles. The van der Waals surface area contributed by atoms with Gasteiger partial charge >= 0.3 is 0 Å². The van der Waals surface area contributed by atoms with E-state index < -0.39 is 0 Å². The number of unbranched alkanes of at least 4 members (excludes halogenated alkanes) is 18. The Morgan fingerprint density at radius 2 is 0.312 bits per heavy atom. The van der Waals surface area contributed by atoms with Gasteiger partial charge in [-0.15, -0.1) is 0 Å². The highest BCUT2D eigenvalue weighted by molar-refractivity contribution is 6.05. The third-order valence-electron chi connectivity index (χ3n) is 30.4. The first-order valence-corrected chi connectivity index (χ1v) is 53.5. The Morgan fingerprint density at radius 1 is 0.159 bits per heavy atom. The van der Waals surface area contributed by atoms with Crippen LogP contribution in [0.3, 0.4) is 0 Å². The fourth-order valence-corrected chi connectivity index (χ4v) is 23.0. The molecule has 17 aromatic rings. The number of benzene rings is 17. The van der Waals surface area contributed by atoms with Crippen molar-refractivity contribution in [2.24, 2.45) is 0 Å². The third kappa shape index (κ3) is 21.4. The van der Waals surface area contributed by atoms with Crippen molar-refractivity contribution < 1.29 is 0 Å². The van der Waals surface area contributed by atoms with Crippen LogP contribution in [-0.4, -0.2) is 0 Å². The molecule has 38 rings (SSSR count). The van der Waals surface area contributed by atoms with Crippen molar-refractivity contribution in [3.8, 4) is 66.8 Å². The molecule has 6 nitrogen and oxygen atoms in total. The van der Waals surface area contributed by atoms with Gasteiger partial charge in [0.25, 0.3) is 0 Å². The summed E-state index contributed by atoms with van der Waals surface area (Å²) in [5, 5.41) is 39.5. The highest BCUT2D eigenvalue weighted by atomic mass is 14.9. The highest BCUT2D eigenvalue weighted by Crippen LogP contribution is 2.51. The van der Waals surface area contributed by atoms with Gasteiger partial charge in [-0.3, -0.25) is 0 Å². The van der Waals surface area contributed by atoms with Crippen LogP contribution in [0.25, 0.3) is 131 Å². The molecule has 21 aliphatic heterocycles. The van der Waals surface area contributed by atoms with Crippen LogP contribution in [0.15, 0.2) is 291 Å². The van der Waals surface area contributed by atoms with E-state index in [0.29, 0.717) is 39.3 Å². The minimum atomic E-state index is 0.691. The molecular formula is C132H144N6. The zero-order chi connectivity index (χ0) is 93.9. The molecule has 0 spiro atoms. The van der Waals surface area contributed by atoms with E-state index in [1.54, 1.807) is 0 Å². The van der Waals surface area contributed by atoms with E-state index in [0.717, 1.165) is 111 Å². The molecule has 6 heteroatoms. The molecule has 702 valence electrons. The summed E-state index contributed by atoms with van der Waals surface area (Å²) in [4.78, 5) is 0. The Labute approximate surface area is 823 Å². The summed E-state index contributed by atoms with van der Waals surface area (Å²) in [6.07, 6.45) is 34.5. The maximum atomic E-state index is 4.04. The Hall–Kier alpha value is -12.9. The molecule has 24 bridgehead atoms. The molecule has 0 saturated heterocycles. The first-order valence-electron chi connectivity index (χ1n) is 53.5. The van der Waals surface area contributed by atoms with Crippen LogP contribution in [0.1, 0.15) is 262 Å². The minimum absolute atomic E-state index is 0.691. The van der Waals surface area contributed by atoms with Gasteiger partial charge in [-0.05, 0) is 384 Å². The zero-order valence-electron chi connectivity index (χ0n) is 83.2. The van der Waals surface area contributed by atoms with Crippen molar-refractivity contribution >= 4 is 98.8 Å². The molecule has 0 aliphatic carbocycles. The van der Waals surface area contributed by atoms with Gasteiger partial charge in [0.15, 0.2) is 0 Å². The maximum absolute atomic E-state index is 4.04. The molecule has 21 heterocycles. The van der Waals surface area contributed by atoms with Gasteiger partial charge in [0, 0.05) is 73.4 Å². The summed E-state index contributed by atoms with van der Waals surface area (Å²) in [5.41, 5.74) is 40.0. The van der Waals surface area contributed by atoms with Gasteiger partial charge in [-0.25, -0.2) is 0 Å². The topological polar surface area (TPSA) is 72.2 Å². The lowest BCUT2D eigenvalue weighted by molar-refractivity contribution is 0.657. The fraction of sp³-hybridized carbons (Fsp3) is 0.318. The molecule has 0 unspecified atom stereocenters. The van der Waals surface area contributed by atoms with Crippen molar-refractivity contribution in [3.05, 3.63) is 358 Å². The van der Waals surface area contributed by atoms with Gasteiger partial charge in [0.1, 0.15) is 0 Å². The maximum Gasteiger partial charge on any atom is 0.0406 e. The SMILES string of the molecule is CCCCCCc1c2c(CCCCCC)c3c(CCCCCC)c1-c1ccc(cc1)NCc1cccc4cc5cccc(c5cc14)CNc1ccc(cc1)-c1c(CCCCCC)c(c(CCCCCC)c(c1CCCCCC)-c1ccc(cc1)NCc1cccc4cc5cccc(c5cc14)CNc1ccc-3cc1)-c1ccc(cc1)NCc1cccc3cc4cccc(c4cc13)CNc1ccc-2cc1. The van der Waals surface area contributed by atoms with Crippen molar-refractivity contribution in [1.29, 1.82) is 0 Å². The van der Waals surface area contributed by atoms with Gasteiger partial charge in [-0.1, -0.05) is 339 Å². The lowest BCUT2D eigenvalue weighted by Crippen LogP contribution is -2.09. The average molecular weight is 1810 g/mol. The molecule has 0 aromatic heterocycles. The van der Waals surface area contributed by atoms with Crippen molar-refractivity contribution in [2.45, 2.75) is 273 Å². The number of hydrogen-bond donors (Lipinski definition) is 6. The molecule has 0 fully saturated rings. The molecular weight excluding hydrogens is 1670 g/mol. The summed E-state index contributed by atoms with van der Waals surface area (Å²) in [6.45, 7) is 18.3. The van der Waals surface area contributed by atoms with E-state index in [1.807, 2.05) is 0 Å². The van der Waals surface area contributed by atoms with E-state index >= 15 is 0 Å². The van der Waals surface area contributed by atoms with Crippen molar-refractivity contribution in [1.82, 2.24) is 0 Å². The summed E-state index contributed by atoms with van der Waals surface area (Å²) in [6, 6.07) is 115. The summed E-state index contributed by atoms with van der Waals surface area (Å²) in [7, 11) is 0. The average Bonchev–Trinajstić information content (AvgIpc) is 0.736. The van der Waals surface area contributed by atoms with Gasteiger partial charge in [0.05, 0.1) is 0 Å². The normalized spacial score (nSPS) is 12.7. The molecule has 0 amide bonds. The van der Waals surface area contributed by atoms with E-state index in [4.69, 9.17) is 0 Å². The quantitative estimate of drug-likeness (QED) is 0.0199. The van der Waals surface area contributed by atoms with Crippen LogP contribution in [0.5, 0.6) is 0 Å². The lowest BCUT2D eigenvalue weighted by Gasteiger charge is -2.29. The minimum Gasteiger partial charge on any atom is -0.381 e. The standard InChI is InChI=1S/C132H144N6/c1-7-13-19-25-49-115-127-91-55-67-109(68-56-91)133-85-103-43-31-37-97-79-99-40-34-46-106(123(99)82-121(97)103)88-136-112-73-61-94(62-74-112)130-118(52-28-22-16-10-4)131-95-63-75-113(76-64-95)137-89-107-47-35-41-100-80-98-38-32-44-104(122(98)83-124(100)107)86-134-110-69-57-92(58-70-110)128(115)117(51-27-21-15-9-3)129(116(127)50-26-20-14-8-2)93-59-71-111(72-60-93)135-87-105-45-33-39-101-81-102-42-36-48-108(126(102)84-125(101)105)90-138-114-77-65-96(66-78-114)132(119(130)53-29-23-17-11-5)120(131)54-30-24-18-12-6/h31-48,55-84,133-138H,7-30,49-54,85-90H2,1-6H3. The van der Waals surface area contributed by atoms with E-state index in [2.05, 4.69) is 365 Å². The van der Waals surface area contributed by atoms with Crippen LogP contribution in [0.2, 0.25) is 0 Å². The van der Waals surface area contributed by atoms with Gasteiger partial charge in [-0.2, -0.15) is 0 Å². The van der Waals surface area contributed by atoms with E-state index in [-0.39, 0.29) is 0 Å². The molecule has 21 aliphatic rings. The van der Waals surface area contributed by atoms with Crippen LogP contribution in [0, 0.1) is 0 Å². The second-order valence-electron chi connectivity index (χ2n) is 40.0. The Bertz CT molecular complexity index is 5920. The van der Waals surface area contributed by atoms with E-state index in [9.17, 15) is 0 Å². The first kappa shape index (κ1) is 94.1. The van der Waals surface area contributed by atoms with Crippen molar-refractivity contribution in [2.75, 3.05) is 31.9 Å². The summed E-state index contributed by atoms with van der Waals surface area (Å²) in [5.74, 6) is 0. The predicted octanol–water partition coefficient (Wildman–Crippen LogP) is 37.6. The first-order chi connectivity index (χ1) is 68.2. The van der Waals surface area contributed by atoms with Crippen LogP contribution < -0.4 is 31.9 Å². The fourth-order valence-electron chi connectivity index (χ4n) is 23.0. The third-order valence-corrected chi connectivity index (χ3v) is 30.4. The molecule has 0 atom stereocenters. The Morgan fingerprint density at radius 3 is 0.457 bits per heavy atom. The smallest absolute Gasteiger partial charge is 0.0406 e. The van der Waals surface area contributed by atoms with Crippen molar-refractivity contribution in [3.63, 3.8) is 0 Å². The lowest BCUT2D eigenvalue weighted by atomic mass is 9.75. The Balaban J connectivity index is 0.833. The number of hydrogen-bond acceptors (Lipinski definition) is 6.